The van der Waals surface area contributed by atoms with Gasteiger partial charge in [-0.05, 0) is 19.1 Å². The van der Waals surface area contributed by atoms with Gasteiger partial charge in [-0.15, -0.1) is 0 Å². The second-order valence-corrected chi connectivity index (χ2v) is 7.11. The Morgan fingerprint density at radius 1 is 1.12 bits per heavy atom. The van der Waals surface area contributed by atoms with Crippen LogP contribution in [0.1, 0.15) is 15.9 Å². The largest absolute Gasteiger partial charge is 0.301 e. The van der Waals surface area contributed by atoms with Crippen LogP contribution in [0.15, 0.2) is 65.8 Å². The van der Waals surface area contributed by atoms with Crippen molar-refractivity contribution in [1.29, 1.82) is 0 Å². The molecular formula is C20H18N4OS. The standard InChI is InChI=1S/C20H18N4OS/c1-14-7-9-16(10-8-14)24-13-17(19(25)22-20-21-11-12-26-20)18(23-24)15-5-3-2-4-6-15/h2-10,13H,11-12H2,1H3,(H,21,22,25). The second-order valence-electron chi connectivity index (χ2n) is 6.03. The zero-order valence-corrected chi connectivity index (χ0v) is 15.2. The van der Waals surface area contributed by atoms with Crippen molar-refractivity contribution < 1.29 is 4.79 Å². The van der Waals surface area contributed by atoms with Crippen molar-refractivity contribution in [3.05, 3.63) is 71.9 Å². The third-order valence-corrected chi connectivity index (χ3v) is 5.00. The number of amidine groups is 1. The summed E-state index contributed by atoms with van der Waals surface area (Å²) in [5.74, 6) is 0.722. The van der Waals surface area contributed by atoms with Crippen molar-refractivity contribution in [3.63, 3.8) is 0 Å². The minimum Gasteiger partial charge on any atom is -0.301 e. The molecule has 0 fully saturated rings. The molecule has 130 valence electrons. The fourth-order valence-electron chi connectivity index (χ4n) is 2.75. The van der Waals surface area contributed by atoms with Gasteiger partial charge in [-0.1, -0.05) is 59.8 Å². The van der Waals surface area contributed by atoms with Crippen LogP contribution in [0.25, 0.3) is 16.9 Å². The highest BCUT2D eigenvalue weighted by Crippen LogP contribution is 2.24. The summed E-state index contributed by atoms with van der Waals surface area (Å²) < 4.78 is 1.75. The highest BCUT2D eigenvalue weighted by Gasteiger charge is 2.20. The van der Waals surface area contributed by atoms with Gasteiger partial charge in [0.05, 0.1) is 17.8 Å². The van der Waals surface area contributed by atoms with Crippen LogP contribution in [0.4, 0.5) is 0 Å². The Labute approximate surface area is 156 Å². The molecule has 0 saturated heterocycles. The third kappa shape index (κ3) is 3.41. The quantitative estimate of drug-likeness (QED) is 0.773. The van der Waals surface area contributed by atoms with Gasteiger partial charge in [-0.3, -0.25) is 9.79 Å². The van der Waals surface area contributed by atoms with Crippen molar-refractivity contribution in [2.24, 2.45) is 4.99 Å². The Balaban J connectivity index is 1.75. The van der Waals surface area contributed by atoms with Gasteiger partial charge in [0, 0.05) is 17.5 Å². The Morgan fingerprint density at radius 3 is 2.58 bits per heavy atom. The molecule has 0 saturated carbocycles. The van der Waals surface area contributed by atoms with Gasteiger partial charge >= 0.3 is 0 Å². The monoisotopic (exact) mass is 362 g/mol. The summed E-state index contributed by atoms with van der Waals surface area (Å²) in [5, 5.41) is 8.26. The average Bonchev–Trinajstić information content (AvgIpc) is 3.33. The molecule has 2 heterocycles. The Morgan fingerprint density at radius 2 is 1.88 bits per heavy atom. The topological polar surface area (TPSA) is 59.3 Å². The molecule has 1 N–H and O–H groups in total. The summed E-state index contributed by atoms with van der Waals surface area (Å²) in [5.41, 5.74) is 4.20. The van der Waals surface area contributed by atoms with Crippen molar-refractivity contribution in [2.45, 2.75) is 6.92 Å². The van der Waals surface area contributed by atoms with Crippen LogP contribution >= 0.6 is 11.8 Å². The zero-order chi connectivity index (χ0) is 17.9. The van der Waals surface area contributed by atoms with Gasteiger partial charge < -0.3 is 5.32 Å². The van der Waals surface area contributed by atoms with Crippen LogP contribution in [0.5, 0.6) is 0 Å². The average molecular weight is 362 g/mol. The molecule has 0 bridgehead atoms. The first-order valence-corrected chi connectivity index (χ1v) is 9.40. The maximum atomic E-state index is 12.8. The third-order valence-electron chi connectivity index (χ3n) is 4.11. The van der Waals surface area contributed by atoms with Gasteiger partial charge in [-0.2, -0.15) is 5.10 Å². The number of nitrogens with zero attached hydrogens (tertiary/aromatic N) is 3. The van der Waals surface area contributed by atoms with E-state index in [1.807, 2.05) is 61.5 Å². The number of thioether (sulfide) groups is 1. The number of aromatic nitrogens is 2. The molecule has 3 aromatic rings. The van der Waals surface area contributed by atoms with E-state index in [2.05, 4.69) is 15.4 Å². The molecule has 0 aliphatic carbocycles. The lowest BCUT2D eigenvalue weighted by Crippen LogP contribution is -2.27. The van der Waals surface area contributed by atoms with Crippen LogP contribution in [0.2, 0.25) is 0 Å². The van der Waals surface area contributed by atoms with Crippen molar-refractivity contribution in [1.82, 2.24) is 15.1 Å². The predicted molar refractivity (Wildman–Crippen MR) is 106 cm³/mol. The number of aliphatic imine (C=N–C) groups is 1. The zero-order valence-electron chi connectivity index (χ0n) is 14.3. The van der Waals surface area contributed by atoms with Crippen LogP contribution in [0.3, 0.4) is 0 Å². The van der Waals surface area contributed by atoms with E-state index in [4.69, 9.17) is 0 Å². The predicted octanol–water partition coefficient (Wildman–Crippen LogP) is 3.68. The number of aryl methyl sites for hydroxylation is 1. The number of hydrogen-bond donors (Lipinski definition) is 1. The molecule has 1 amide bonds. The fraction of sp³-hybridized carbons (Fsp3) is 0.150. The summed E-state index contributed by atoms with van der Waals surface area (Å²) >= 11 is 1.56. The number of carbonyl (C=O) groups is 1. The molecule has 0 radical (unpaired) electrons. The lowest BCUT2D eigenvalue weighted by atomic mass is 10.1. The summed E-state index contributed by atoms with van der Waals surface area (Å²) in [7, 11) is 0. The number of hydrogen-bond acceptors (Lipinski definition) is 4. The Kier molecular flexibility index (Phi) is 4.58. The SMILES string of the molecule is Cc1ccc(-n2cc(C(=O)NC3=NCCS3)c(-c3ccccc3)n2)cc1. The summed E-state index contributed by atoms with van der Waals surface area (Å²) in [6.07, 6.45) is 1.78. The van der Waals surface area contributed by atoms with Gasteiger partial charge in [0.15, 0.2) is 5.17 Å². The molecule has 26 heavy (non-hydrogen) atoms. The number of nitrogens with one attached hydrogen (secondary N) is 1. The van der Waals surface area contributed by atoms with E-state index in [1.54, 1.807) is 22.6 Å². The normalized spacial score (nSPS) is 13.5. The molecule has 0 unspecified atom stereocenters. The number of benzene rings is 2. The second kappa shape index (κ2) is 7.17. The maximum Gasteiger partial charge on any atom is 0.261 e. The molecule has 6 heteroatoms. The van der Waals surface area contributed by atoms with Gasteiger partial charge in [-0.25, -0.2) is 4.68 Å². The number of rotatable bonds is 3. The van der Waals surface area contributed by atoms with Gasteiger partial charge in [0.2, 0.25) is 0 Å². The summed E-state index contributed by atoms with van der Waals surface area (Å²) in [4.78, 5) is 17.1. The van der Waals surface area contributed by atoms with E-state index in [-0.39, 0.29) is 5.91 Å². The Bertz CT molecular complexity index is 961. The van der Waals surface area contributed by atoms with Crippen molar-refractivity contribution >= 4 is 22.8 Å². The van der Waals surface area contributed by atoms with Crippen LogP contribution in [-0.4, -0.2) is 33.2 Å². The first kappa shape index (κ1) is 16.6. The van der Waals surface area contributed by atoms with E-state index < -0.39 is 0 Å². The first-order chi connectivity index (χ1) is 12.7. The molecule has 2 aromatic carbocycles. The van der Waals surface area contributed by atoms with Crippen LogP contribution < -0.4 is 5.32 Å². The maximum absolute atomic E-state index is 12.8. The molecule has 4 rings (SSSR count). The summed E-state index contributed by atoms with van der Waals surface area (Å²) in [6, 6.07) is 17.8. The lowest BCUT2D eigenvalue weighted by Gasteiger charge is -2.04. The van der Waals surface area contributed by atoms with Gasteiger partial charge in [0.1, 0.15) is 5.69 Å². The van der Waals surface area contributed by atoms with Crippen LogP contribution in [-0.2, 0) is 0 Å². The smallest absolute Gasteiger partial charge is 0.261 e. The van der Waals surface area contributed by atoms with E-state index in [0.29, 0.717) is 16.4 Å². The van der Waals surface area contributed by atoms with E-state index in [0.717, 1.165) is 23.5 Å². The molecule has 0 atom stereocenters. The lowest BCUT2D eigenvalue weighted by molar-refractivity contribution is 0.0978. The molecule has 5 nitrogen and oxygen atoms in total. The van der Waals surface area contributed by atoms with E-state index >= 15 is 0 Å². The van der Waals surface area contributed by atoms with Crippen molar-refractivity contribution in [3.8, 4) is 16.9 Å². The fourth-order valence-corrected chi connectivity index (χ4v) is 3.48. The minimum absolute atomic E-state index is 0.185. The summed E-state index contributed by atoms with van der Waals surface area (Å²) in [6.45, 7) is 2.79. The minimum atomic E-state index is -0.185. The highest BCUT2D eigenvalue weighted by molar-refractivity contribution is 8.14. The number of carbonyl (C=O) groups excluding carboxylic acids is 1. The van der Waals surface area contributed by atoms with Crippen molar-refractivity contribution in [2.75, 3.05) is 12.3 Å². The molecule has 1 aliphatic rings. The van der Waals surface area contributed by atoms with Crippen LogP contribution in [0, 0.1) is 6.92 Å². The Hall–Kier alpha value is -2.86. The first-order valence-electron chi connectivity index (χ1n) is 8.41. The highest BCUT2D eigenvalue weighted by atomic mass is 32.2. The van der Waals surface area contributed by atoms with E-state index in [9.17, 15) is 4.79 Å². The molecule has 0 spiro atoms. The number of amides is 1. The molecule has 1 aliphatic heterocycles. The van der Waals surface area contributed by atoms with Gasteiger partial charge in [0.25, 0.3) is 5.91 Å². The molecular weight excluding hydrogens is 344 g/mol. The molecule has 1 aromatic heterocycles. The van der Waals surface area contributed by atoms with E-state index in [1.165, 1.54) is 5.56 Å².